The van der Waals surface area contributed by atoms with E-state index in [9.17, 15) is 9.90 Å². The van der Waals surface area contributed by atoms with Gasteiger partial charge in [-0.3, -0.25) is 4.79 Å². The molecule has 86 valence electrons. The lowest BCUT2D eigenvalue weighted by atomic mass is 9.89. The summed E-state index contributed by atoms with van der Waals surface area (Å²) in [6, 6.07) is 7.51. The van der Waals surface area contributed by atoms with Crippen LogP contribution in [-0.4, -0.2) is 28.5 Å². The van der Waals surface area contributed by atoms with Gasteiger partial charge in [-0.2, -0.15) is 11.8 Å². The van der Waals surface area contributed by atoms with Crippen molar-refractivity contribution < 1.29 is 9.90 Å². The van der Waals surface area contributed by atoms with Crippen molar-refractivity contribution in [3.63, 3.8) is 0 Å². The Morgan fingerprint density at radius 1 is 1.44 bits per heavy atom. The first-order valence-corrected chi connectivity index (χ1v) is 6.72. The molecular weight excluding hydrogens is 220 g/mol. The van der Waals surface area contributed by atoms with Gasteiger partial charge in [0.1, 0.15) is 6.29 Å². The van der Waals surface area contributed by atoms with E-state index in [1.807, 2.05) is 24.3 Å². The lowest BCUT2D eigenvalue weighted by molar-refractivity contribution is 0.0528. The summed E-state index contributed by atoms with van der Waals surface area (Å²) in [6.07, 6.45) is 3.36. The molecule has 1 aromatic carbocycles. The SMILES string of the molecule is O=Cc1ccccc1CC1(O)CCCSC1. The van der Waals surface area contributed by atoms with E-state index in [1.165, 1.54) is 0 Å². The van der Waals surface area contributed by atoms with Crippen LogP contribution < -0.4 is 0 Å². The van der Waals surface area contributed by atoms with E-state index in [-0.39, 0.29) is 0 Å². The average molecular weight is 236 g/mol. The number of hydrogen-bond donors (Lipinski definition) is 1. The minimum absolute atomic E-state index is 0.592. The summed E-state index contributed by atoms with van der Waals surface area (Å²) in [7, 11) is 0. The molecule has 1 heterocycles. The molecule has 2 nitrogen and oxygen atoms in total. The van der Waals surface area contributed by atoms with Crippen molar-refractivity contribution in [2.75, 3.05) is 11.5 Å². The largest absolute Gasteiger partial charge is 0.389 e. The fraction of sp³-hybridized carbons (Fsp3) is 0.462. The van der Waals surface area contributed by atoms with Gasteiger partial charge in [0.15, 0.2) is 0 Å². The van der Waals surface area contributed by atoms with Crippen LogP contribution in [0.4, 0.5) is 0 Å². The molecule has 1 aliphatic heterocycles. The average Bonchev–Trinajstić information content (AvgIpc) is 2.30. The Kier molecular flexibility index (Phi) is 3.66. The zero-order valence-corrected chi connectivity index (χ0v) is 10.0. The second kappa shape index (κ2) is 5.02. The normalized spacial score (nSPS) is 25.3. The maximum atomic E-state index is 10.9. The van der Waals surface area contributed by atoms with Crippen molar-refractivity contribution in [3.8, 4) is 0 Å². The maximum absolute atomic E-state index is 10.9. The molecule has 0 bridgehead atoms. The van der Waals surface area contributed by atoms with Gasteiger partial charge in [-0.1, -0.05) is 24.3 Å². The summed E-state index contributed by atoms with van der Waals surface area (Å²) in [6.45, 7) is 0. The third-order valence-corrected chi connectivity index (χ3v) is 4.32. The Labute approximate surface area is 100 Å². The van der Waals surface area contributed by atoms with Crippen molar-refractivity contribution >= 4 is 18.0 Å². The van der Waals surface area contributed by atoms with Crippen LogP contribution in [0.3, 0.4) is 0 Å². The minimum Gasteiger partial charge on any atom is -0.389 e. The second-order valence-electron chi connectivity index (χ2n) is 4.37. The van der Waals surface area contributed by atoms with E-state index < -0.39 is 5.60 Å². The number of benzene rings is 1. The molecule has 1 atom stereocenters. The van der Waals surface area contributed by atoms with Crippen LogP contribution in [-0.2, 0) is 6.42 Å². The smallest absolute Gasteiger partial charge is 0.150 e. The molecule has 1 aromatic rings. The number of aliphatic hydroxyl groups is 1. The number of hydrogen-bond acceptors (Lipinski definition) is 3. The van der Waals surface area contributed by atoms with Gasteiger partial charge in [0.2, 0.25) is 0 Å². The molecule has 2 rings (SSSR count). The summed E-state index contributed by atoms with van der Waals surface area (Å²) >= 11 is 1.80. The van der Waals surface area contributed by atoms with Gasteiger partial charge in [0.05, 0.1) is 5.60 Å². The van der Waals surface area contributed by atoms with Crippen molar-refractivity contribution in [2.24, 2.45) is 0 Å². The Morgan fingerprint density at radius 2 is 2.25 bits per heavy atom. The summed E-state index contributed by atoms with van der Waals surface area (Å²) in [5.41, 5.74) is 1.04. The van der Waals surface area contributed by atoms with Crippen LogP contribution >= 0.6 is 11.8 Å². The molecule has 1 aliphatic rings. The highest BCUT2D eigenvalue weighted by Gasteiger charge is 2.30. The molecule has 1 N–H and O–H groups in total. The van der Waals surface area contributed by atoms with Gasteiger partial charge in [0, 0.05) is 17.7 Å². The summed E-state index contributed by atoms with van der Waals surface area (Å²) in [5.74, 6) is 1.91. The molecule has 0 aromatic heterocycles. The molecular formula is C13H16O2S. The topological polar surface area (TPSA) is 37.3 Å². The van der Waals surface area contributed by atoms with E-state index in [1.54, 1.807) is 11.8 Å². The molecule has 0 saturated carbocycles. The maximum Gasteiger partial charge on any atom is 0.150 e. The fourth-order valence-electron chi connectivity index (χ4n) is 2.14. The molecule has 1 saturated heterocycles. The van der Waals surface area contributed by atoms with Crippen LogP contribution in [0, 0.1) is 0 Å². The molecule has 0 amide bonds. The molecule has 0 radical (unpaired) electrons. The minimum atomic E-state index is -0.623. The van der Waals surface area contributed by atoms with Crippen LogP contribution in [0.2, 0.25) is 0 Å². The summed E-state index contributed by atoms with van der Waals surface area (Å²) in [5, 5.41) is 10.4. The zero-order chi connectivity index (χ0) is 11.4. The number of carbonyl (C=O) groups excluding carboxylic acids is 1. The Hall–Kier alpha value is -0.800. The van der Waals surface area contributed by atoms with Crippen LogP contribution in [0.25, 0.3) is 0 Å². The van der Waals surface area contributed by atoms with E-state index in [2.05, 4.69) is 0 Å². The predicted molar refractivity (Wildman–Crippen MR) is 67.0 cm³/mol. The van der Waals surface area contributed by atoms with Crippen molar-refractivity contribution in [2.45, 2.75) is 24.9 Å². The fourth-order valence-corrected chi connectivity index (χ4v) is 3.26. The zero-order valence-electron chi connectivity index (χ0n) is 9.19. The Morgan fingerprint density at radius 3 is 2.94 bits per heavy atom. The first kappa shape index (κ1) is 11.7. The van der Waals surface area contributed by atoms with E-state index >= 15 is 0 Å². The van der Waals surface area contributed by atoms with E-state index in [4.69, 9.17) is 0 Å². The van der Waals surface area contributed by atoms with Gasteiger partial charge in [-0.25, -0.2) is 0 Å². The van der Waals surface area contributed by atoms with Gasteiger partial charge < -0.3 is 5.11 Å². The number of aldehydes is 1. The second-order valence-corrected chi connectivity index (χ2v) is 5.48. The third-order valence-electron chi connectivity index (χ3n) is 3.00. The lowest BCUT2D eigenvalue weighted by Gasteiger charge is -2.32. The highest BCUT2D eigenvalue weighted by atomic mass is 32.2. The molecule has 16 heavy (non-hydrogen) atoms. The van der Waals surface area contributed by atoms with Crippen molar-refractivity contribution in [1.29, 1.82) is 0 Å². The lowest BCUT2D eigenvalue weighted by Crippen LogP contribution is -2.37. The third kappa shape index (κ3) is 2.66. The van der Waals surface area contributed by atoms with Crippen LogP contribution in [0.5, 0.6) is 0 Å². The molecule has 1 unspecified atom stereocenters. The van der Waals surface area contributed by atoms with E-state index in [0.717, 1.165) is 36.2 Å². The van der Waals surface area contributed by atoms with Gasteiger partial charge in [0.25, 0.3) is 0 Å². The molecule has 0 aliphatic carbocycles. The summed E-state index contributed by atoms with van der Waals surface area (Å²) in [4.78, 5) is 10.9. The van der Waals surface area contributed by atoms with Gasteiger partial charge in [-0.05, 0) is 24.2 Å². The van der Waals surface area contributed by atoms with Crippen LogP contribution in [0.15, 0.2) is 24.3 Å². The van der Waals surface area contributed by atoms with E-state index in [0.29, 0.717) is 12.0 Å². The predicted octanol–water partition coefficient (Wildman–Crippen LogP) is 2.30. The highest BCUT2D eigenvalue weighted by Crippen LogP contribution is 2.30. The van der Waals surface area contributed by atoms with Gasteiger partial charge in [-0.15, -0.1) is 0 Å². The first-order valence-electron chi connectivity index (χ1n) is 5.57. The highest BCUT2D eigenvalue weighted by molar-refractivity contribution is 7.99. The molecule has 3 heteroatoms. The summed E-state index contributed by atoms with van der Waals surface area (Å²) < 4.78 is 0. The first-order chi connectivity index (χ1) is 7.73. The molecule has 0 spiro atoms. The standard InChI is InChI=1S/C13H16O2S/c14-9-12-5-2-1-4-11(12)8-13(15)6-3-7-16-10-13/h1-2,4-5,9,15H,3,6-8,10H2. The van der Waals surface area contributed by atoms with Crippen molar-refractivity contribution in [1.82, 2.24) is 0 Å². The number of rotatable bonds is 3. The number of thioether (sulfide) groups is 1. The number of carbonyl (C=O) groups is 1. The van der Waals surface area contributed by atoms with Crippen molar-refractivity contribution in [3.05, 3.63) is 35.4 Å². The molecule has 1 fully saturated rings. The Bertz CT molecular complexity index is 370. The monoisotopic (exact) mass is 236 g/mol. The van der Waals surface area contributed by atoms with Crippen LogP contribution in [0.1, 0.15) is 28.8 Å². The quantitative estimate of drug-likeness (QED) is 0.818. The Balaban J connectivity index is 2.15. The van der Waals surface area contributed by atoms with Gasteiger partial charge >= 0.3 is 0 Å².